The van der Waals surface area contributed by atoms with Crippen molar-refractivity contribution in [2.45, 2.75) is 13.0 Å². The second-order valence-corrected chi connectivity index (χ2v) is 7.24. The highest BCUT2D eigenvalue weighted by molar-refractivity contribution is 5.89. The largest absolute Gasteiger partial charge is 0.493 e. The molecule has 1 fully saturated rings. The van der Waals surface area contributed by atoms with Crippen LogP contribution in [0.5, 0.6) is 11.5 Å². The van der Waals surface area contributed by atoms with Crippen LogP contribution in [0.4, 0.5) is 0 Å². The fraction of sp³-hybridized carbons (Fsp3) is 0.348. The average Bonchev–Trinajstić information content (AvgIpc) is 3.16. The highest BCUT2D eigenvalue weighted by Crippen LogP contribution is 2.25. The van der Waals surface area contributed by atoms with E-state index < -0.39 is 0 Å². The summed E-state index contributed by atoms with van der Waals surface area (Å²) in [6, 6.07) is 16.8. The molecule has 0 saturated carbocycles. The molecule has 1 heterocycles. The van der Waals surface area contributed by atoms with Gasteiger partial charge in [0.2, 0.25) is 11.8 Å². The summed E-state index contributed by atoms with van der Waals surface area (Å²) in [6.45, 7) is 1.31. The number of benzene rings is 2. The molecular formula is C23H27N3O5. The third kappa shape index (κ3) is 6.47. The average molecular weight is 425 g/mol. The highest BCUT2D eigenvalue weighted by atomic mass is 16.5. The number of carbonyl (C=O) groups excluding carboxylic acids is 3. The Kier molecular flexibility index (Phi) is 7.86. The molecule has 8 heteroatoms. The van der Waals surface area contributed by atoms with Gasteiger partial charge in [0.15, 0.2) is 18.1 Å². The summed E-state index contributed by atoms with van der Waals surface area (Å²) in [6.07, 6.45) is 0.206. The Balaban J connectivity index is 1.33. The number of hydrogen-bond acceptors (Lipinski definition) is 5. The van der Waals surface area contributed by atoms with Crippen molar-refractivity contribution in [3.63, 3.8) is 0 Å². The number of methoxy groups -OCH3 is 1. The fourth-order valence-corrected chi connectivity index (χ4v) is 3.37. The van der Waals surface area contributed by atoms with Crippen LogP contribution < -0.4 is 20.1 Å². The quantitative estimate of drug-likeness (QED) is 0.560. The molecule has 1 atom stereocenters. The van der Waals surface area contributed by atoms with E-state index in [0.29, 0.717) is 24.6 Å². The van der Waals surface area contributed by atoms with Gasteiger partial charge in [0.25, 0.3) is 5.91 Å². The Labute approximate surface area is 181 Å². The lowest BCUT2D eigenvalue weighted by Crippen LogP contribution is -2.39. The van der Waals surface area contributed by atoms with Gasteiger partial charge in [-0.05, 0) is 17.7 Å². The number of nitrogens with one attached hydrogen (secondary N) is 2. The molecule has 2 aromatic carbocycles. The second-order valence-electron chi connectivity index (χ2n) is 7.24. The predicted molar refractivity (Wildman–Crippen MR) is 114 cm³/mol. The van der Waals surface area contributed by atoms with Crippen molar-refractivity contribution in [3.05, 3.63) is 60.2 Å². The molecule has 8 nitrogen and oxygen atoms in total. The van der Waals surface area contributed by atoms with Crippen LogP contribution in [-0.2, 0) is 20.9 Å². The third-order valence-corrected chi connectivity index (χ3v) is 4.98. The minimum absolute atomic E-state index is 0.0224. The van der Waals surface area contributed by atoms with Crippen LogP contribution in [0.3, 0.4) is 0 Å². The van der Waals surface area contributed by atoms with E-state index in [1.165, 1.54) is 7.11 Å². The van der Waals surface area contributed by atoms with Gasteiger partial charge in [0.1, 0.15) is 0 Å². The summed E-state index contributed by atoms with van der Waals surface area (Å²) >= 11 is 0. The summed E-state index contributed by atoms with van der Waals surface area (Å²) in [5.41, 5.74) is 1.04. The van der Waals surface area contributed by atoms with Gasteiger partial charge in [0, 0.05) is 32.6 Å². The minimum Gasteiger partial charge on any atom is -0.493 e. The van der Waals surface area contributed by atoms with Gasteiger partial charge < -0.3 is 25.0 Å². The van der Waals surface area contributed by atoms with Crippen molar-refractivity contribution in [1.29, 1.82) is 0 Å². The Morgan fingerprint density at radius 1 is 1.00 bits per heavy atom. The molecule has 0 spiro atoms. The first kappa shape index (κ1) is 22.1. The molecule has 164 valence electrons. The SMILES string of the molecule is COc1ccccc1OCC(=O)NCCNC(=O)C1CC(=O)N(Cc2ccccc2)C1. The first-order valence-electron chi connectivity index (χ1n) is 10.2. The van der Waals surface area contributed by atoms with Crippen LogP contribution >= 0.6 is 0 Å². The van der Waals surface area contributed by atoms with Crippen LogP contribution in [-0.4, -0.2) is 56.0 Å². The van der Waals surface area contributed by atoms with Crippen LogP contribution in [0.15, 0.2) is 54.6 Å². The lowest BCUT2D eigenvalue weighted by atomic mass is 10.1. The number of carbonyl (C=O) groups is 3. The van der Waals surface area contributed by atoms with Crippen molar-refractivity contribution in [1.82, 2.24) is 15.5 Å². The van der Waals surface area contributed by atoms with Crippen molar-refractivity contribution in [2.75, 3.05) is 33.4 Å². The van der Waals surface area contributed by atoms with E-state index in [1.54, 1.807) is 23.1 Å². The second kappa shape index (κ2) is 11.0. The lowest BCUT2D eigenvalue weighted by Gasteiger charge is -2.16. The van der Waals surface area contributed by atoms with Gasteiger partial charge in [-0.2, -0.15) is 0 Å². The van der Waals surface area contributed by atoms with E-state index in [2.05, 4.69) is 10.6 Å². The molecule has 3 amide bonds. The molecule has 0 aromatic heterocycles. The standard InChI is InChI=1S/C23H27N3O5/c1-30-19-9-5-6-10-20(19)31-16-21(27)24-11-12-25-23(29)18-13-22(28)26(15-18)14-17-7-3-2-4-8-17/h2-10,18H,11-16H2,1H3,(H,24,27)(H,25,29). The molecule has 1 unspecified atom stereocenters. The molecule has 0 radical (unpaired) electrons. The number of para-hydroxylation sites is 2. The van der Waals surface area contributed by atoms with Gasteiger partial charge >= 0.3 is 0 Å². The van der Waals surface area contributed by atoms with Gasteiger partial charge in [0.05, 0.1) is 13.0 Å². The molecular weight excluding hydrogens is 398 g/mol. The number of nitrogens with zero attached hydrogens (tertiary/aromatic N) is 1. The molecule has 3 rings (SSSR count). The third-order valence-electron chi connectivity index (χ3n) is 4.98. The van der Waals surface area contributed by atoms with Gasteiger partial charge in [-0.25, -0.2) is 0 Å². The minimum atomic E-state index is -0.374. The number of hydrogen-bond donors (Lipinski definition) is 2. The molecule has 2 N–H and O–H groups in total. The molecule has 0 aliphatic carbocycles. The Morgan fingerprint density at radius 3 is 2.42 bits per heavy atom. The smallest absolute Gasteiger partial charge is 0.258 e. The van der Waals surface area contributed by atoms with Crippen molar-refractivity contribution in [2.24, 2.45) is 5.92 Å². The predicted octanol–water partition coefficient (Wildman–Crippen LogP) is 1.36. The monoisotopic (exact) mass is 425 g/mol. The van der Waals surface area contributed by atoms with Gasteiger partial charge in [-0.15, -0.1) is 0 Å². The molecule has 31 heavy (non-hydrogen) atoms. The lowest BCUT2D eigenvalue weighted by molar-refractivity contribution is -0.129. The maximum absolute atomic E-state index is 12.4. The molecule has 1 aliphatic heterocycles. The first-order chi connectivity index (χ1) is 15.1. The summed E-state index contributed by atoms with van der Waals surface area (Å²) in [5.74, 6) is 0.162. The summed E-state index contributed by atoms with van der Waals surface area (Å²) in [4.78, 5) is 38.2. The molecule has 1 saturated heterocycles. The van der Waals surface area contributed by atoms with E-state index in [0.717, 1.165) is 5.56 Å². The van der Waals surface area contributed by atoms with E-state index >= 15 is 0 Å². The van der Waals surface area contributed by atoms with Gasteiger partial charge in [-0.1, -0.05) is 42.5 Å². The highest BCUT2D eigenvalue weighted by Gasteiger charge is 2.33. The molecule has 2 aromatic rings. The van der Waals surface area contributed by atoms with E-state index in [-0.39, 0.29) is 49.8 Å². The molecule has 0 bridgehead atoms. The Hall–Kier alpha value is -3.55. The first-order valence-corrected chi connectivity index (χ1v) is 10.2. The summed E-state index contributed by atoms with van der Waals surface area (Å²) in [5, 5.41) is 5.47. The zero-order valence-electron chi connectivity index (χ0n) is 17.5. The number of amides is 3. The van der Waals surface area contributed by atoms with E-state index in [1.807, 2.05) is 36.4 Å². The van der Waals surface area contributed by atoms with Crippen LogP contribution in [0.2, 0.25) is 0 Å². The number of rotatable bonds is 10. The fourth-order valence-electron chi connectivity index (χ4n) is 3.37. The maximum Gasteiger partial charge on any atom is 0.258 e. The van der Waals surface area contributed by atoms with Crippen molar-refractivity contribution < 1.29 is 23.9 Å². The summed E-state index contributed by atoms with van der Waals surface area (Å²) < 4.78 is 10.6. The number of likely N-dealkylation sites (tertiary alicyclic amines) is 1. The zero-order chi connectivity index (χ0) is 22.1. The zero-order valence-corrected chi connectivity index (χ0v) is 17.5. The topological polar surface area (TPSA) is 97.0 Å². The maximum atomic E-state index is 12.4. The normalized spacial score (nSPS) is 15.5. The van der Waals surface area contributed by atoms with Crippen LogP contribution in [0.25, 0.3) is 0 Å². The Morgan fingerprint density at radius 2 is 1.68 bits per heavy atom. The molecule has 1 aliphatic rings. The van der Waals surface area contributed by atoms with Crippen molar-refractivity contribution >= 4 is 17.7 Å². The van der Waals surface area contributed by atoms with Gasteiger partial charge in [-0.3, -0.25) is 14.4 Å². The van der Waals surface area contributed by atoms with Crippen molar-refractivity contribution in [3.8, 4) is 11.5 Å². The summed E-state index contributed by atoms with van der Waals surface area (Å²) in [7, 11) is 1.53. The Bertz CT molecular complexity index is 903. The van der Waals surface area contributed by atoms with Crippen LogP contribution in [0, 0.1) is 5.92 Å². The van der Waals surface area contributed by atoms with E-state index in [9.17, 15) is 14.4 Å². The number of ether oxygens (including phenoxy) is 2. The van der Waals surface area contributed by atoms with E-state index in [4.69, 9.17) is 9.47 Å². The van der Waals surface area contributed by atoms with Crippen LogP contribution in [0.1, 0.15) is 12.0 Å².